The van der Waals surface area contributed by atoms with Crippen LogP contribution < -0.4 is 4.74 Å². The molecular weight excluding hydrogens is 354 g/mol. The lowest BCUT2D eigenvalue weighted by atomic mass is 10.1. The van der Waals surface area contributed by atoms with Crippen LogP contribution in [0, 0.1) is 0 Å². The highest BCUT2D eigenvalue weighted by molar-refractivity contribution is 7.91. The van der Waals surface area contributed by atoms with Crippen LogP contribution in [0.3, 0.4) is 0 Å². The van der Waals surface area contributed by atoms with Gasteiger partial charge in [0.2, 0.25) is 0 Å². The summed E-state index contributed by atoms with van der Waals surface area (Å²) >= 11 is 0. The van der Waals surface area contributed by atoms with Gasteiger partial charge in [0, 0.05) is 24.8 Å². The number of sulfone groups is 1. The van der Waals surface area contributed by atoms with Gasteiger partial charge in [-0.1, -0.05) is 0 Å². The Morgan fingerprint density at radius 1 is 1.27 bits per heavy atom. The first-order valence-corrected chi connectivity index (χ1v) is 11.1. The summed E-state index contributed by atoms with van der Waals surface area (Å²) < 4.78 is 35.1. The highest BCUT2D eigenvalue weighted by Gasteiger charge is 2.36. The summed E-state index contributed by atoms with van der Waals surface area (Å²) in [6.45, 7) is 5.05. The third-order valence-electron chi connectivity index (χ3n) is 4.81. The molecule has 2 aliphatic rings. The van der Waals surface area contributed by atoms with E-state index in [-0.39, 0.29) is 35.7 Å². The number of rotatable bonds is 6. The van der Waals surface area contributed by atoms with Crippen LogP contribution in [0.1, 0.15) is 43.5 Å². The van der Waals surface area contributed by atoms with Crippen LogP contribution in [0.4, 0.5) is 0 Å². The van der Waals surface area contributed by atoms with E-state index in [2.05, 4.69) is 0 Å². The summed E-state index contributed by atoms with van der Waals surface area (Å²) in [5, 5.41) is 0. The minimum Gasteiger partial charge on any atom is -0.491 e. The van der Waals surface area contributed by atoms with Crippen LogP contribution in [-0.2, 0) is 14.6 Å². The molecule has 2 unspecified atom stereocenters. The average Bonchev–Trinajstić information content (AvgIpc) is 3.21. The molecule has 0 radical (unpaired) electrons. The molecule has 0 aliphatic carbocycles. The fourth-order valence-corrected chi connectivity index (χ4v) is 5.27. The molecular formula is C19H27NO5S. The van der Waals surface area contributed by atoms with Gasteiger partial charge in [0.1, 0.15) is 5.75 Å². The van der Waals surface area contributed by atoms with Crippen molar-refractivity contribution in [1.82, 2.24) is 4.90 Å². The van der Waals surface area contributed by atoms with Gasteiger partial charge < -0.3 is 14.4 Å². The lowest BCUT2D eigenvalue weighted by Gasteiger charge is -2.30. The molecule has 1 amide bonds. The topological polar surface area (TPSA) is 72.9 Å². The molecule has 2 aliphatic heterocycles. The second-order valence-corrected chi connectivity index (χ2v) is 9.57. The van der Waals surface area contributed by atoms with E-state index in [1.807, 2.05) is 13.8 Å². The van der Waals surface area contributed by atoms with E-state index in [0.717, 1.165) is 12.8 Å². The SMILES string of the molecule is CC(C)Oc1ccc(C(=O)N(CC2CCCO2)C2CCS(=O)(=O)C2)cc1. The summed E-state index contributed by atoms with van der Waals surface area (Å²) in [6.07, 6.45) is 2.44. The lowest BCUT2D eigenvalue weighted by molar-refractivity contribution is 0.0441. The van der Waals surface area contributed by atoms with E-state index in [1.54, 1.807) is 29.2 Å². The maximum atomic E-state index is 13.1. The molecule has 7 heteroatoms. The molecule has 2 fully saturated rings. The zero-order valence-electron chi connectivity index (χ0n) is 15.4. The summed E-state index contributed by atoms with van der Waals surface area (Å²) in [7, 11) is -3.06. The predicted molar refractivity (Wildman–Crippen MR) is 99.3 cm³/mol. The van der Waals surface area contributed by atoms with Gasteiger partial charge in [-0.2, -0.15) is 0 Å². The van der Waals surface area contributed by atoms with Crippen molar-refractivity contribution in [2.75, 3.05) is 24.7 Å². The Morgan fingerprint density at radius 3 is 2.54 bits per heavy atom. The van der Waals surface area contributed by atoms with Crippen molar-refractivity contribution in [2.24, 2.45) is 0 Å². The van der Waals surface area contributed by atoms with E-state index < -0.39 is 9.84 Å². The smallest absolute Gasteiger partial charge is 0.254 e. The van der Waals surface area contributed by atoms with Crippen LogP contribution in [-0.4, -0.2) is 62.1 Å². The van der Waals surface area contributed by atoms with Gasteiger partial charge in [0.25, 0.3) is 5.91 Å². The van der Waals surface area contributed by atoms with E-state index in [1.165, 1.54) is 0 Å². The molecule has 0 saturated carbocycles. The zero-order chi connectivity index (χ0) is 18.7. The summed E-state index contributed by atoms with van der Waals surface area (Å²) in [5.41, 5.74) is 0.545. The molecule has 0 aromatic heterocycles. The van der Waals surface area contributed by atoms with Crippen LogP contribution in [0.2, 0.25) is 0 Å². The van der Waals surface area contributed by atoms with Crippen molar-refractivity contribution >= 4 is 15.7 Å². The highest BCUT2D eigenvalue weighted by Crippen LogP contribution is 2.24. The van der Waals surface area contributed by atoms with Crippen molar-refractivity contribution in [3.05, 3.63) is 29.8 Å². The van der Waals surface area contributed by atoms with E-state index in [4.69, 9.17) is 9.47 Å². The van der Waals surface area contributed by atoms with Crippen molar-refractivity contribution in [1.29, 1.82) is 0 Å². The minimum absolute atomic E-state index is 0.00852. The van der Waals surface area contributed by atoms with E-state index in [0.29, 0.717) is 30.9 Å². The quantitative estimate of drug-likeness (QED) is 0.756. The standard InChI is InChI=1S/C19H27NO5S/c1-14(2)25-17-7-5-15(6-8-17)19(21)20(12-18-4-3-10-24-18)16-9-11-26(22,23)13-16/h5-8,14,16,18H,3-4,9-13H2,1-2H3. The number of ether oxygens (including phenoxy) is 2. The van der Waals surface area contributed by atoms with E-state index in [9.17, 15) is 13.2 Å². The van der Waals surface area contributed by atoms with Gasteiger partial charge in [-0.3, -0.25) is 4.79 Å². The Morgan fingerprint density at radius 2 is 2.00 bits per heavy atom. The third kappa shape index (κ3) is 4.76. The van der Waals surface area contributed by atoms with Gasteiger partial charge in [-0.05, 0) is 57.4 Å². The molecule has 0 bridgehead atoms. The molecule has 0 N–H and O–H groups in total. The lowest BCUT2D eigenvalue weighted by Crippen LogP contribution is -2.45. The normalized spacial score (nSPS) is 24.7. The van der Waals surface area contributed by atoms with Gasteiger partial charge >= 0.3 is 0 Å². The highest BCUT2D eigenvalue weighted by atomic mass is 32.2. The van der Waals surface area contributed by atoms with Crippen LogP contribution >= 0.6 is 0 Å². The first kappa shape index (κ1) is 19.2. The number of benzene rings is 1. The maximum absolute atomic E-state index is 13.1. The molecule has 3 rings (SSSR count). The zero-order valence-corrected chi connectivity index (χ0v) is 16.2. The fourth-order valence-electron chi connectivity index (χ4n) is 3.54. The van der Waals surface area contributed by atoms with Crippen LogP contribution in [0.5, 0.6) is 5.75 Å². The first-order valence-electron chi connectivity index (χ1n) is 9.24. The van der Waals surface area contributed by atoms with Crippen molar-refractivity contribution in [3.8, 4) is 5.75 Å². The maximum Gasteiger partial charge on any atom is 0.254 e. The number of nitrogens with zero attached hydrogens (tertiary/aromatic N) is 1. The summed E-state index contributed by atoms with van der Waals surface area (Å²) in [4.78, 5) is 14.8. The minimum atomic E-state index is -3.06. The fraction of sp³-hybridized carbons (Fsp3) is 0.632. The Labute approximate surface area is 155 Å². The van der Waals surface area contributed by atoms with Crippen molar-refractivity contribution in [3.63, 3.8) is 0 Å². The average molecular weight is 381 g/mol. The molecule has 6 nitrogen and oxygen atoms in total. The molecule has 2 atom stereocenters. The summed E-state index contributed by atoms with van der Waals surface area (Å²) in [6, 6.07) is 6.77. The Bertz CT molecular complexity index is 723. The van der Waals surface area contributed by atoms with Crippen LogP contribution in [0.25, 0.3) is 0 Å². The van der Waals surface area contributed by atoms with Gasteiger partial charge in [0.15, 0.2) is 9.84 Å². The molecule has 2 saturated heterocycles. The monoisotopic (exact) mass is 381 g/mol. The second-order valence-electron chi connectivity index (χ2n) is 7.34. The Balaban J connectivity index is 1.77. The summed E-state index contributed by atoms with van der Waals surface area (Å²) in [5.74, 6) is 0.762. The van der Waals surface area contributed by atoms with Crippen molar-refractivity contribution in [2.45, 2.75) is 51.4 Å². The van der Waals surface area contributed by atoms with Gasteiger partial charge in [-0.15, -0.1) is 0 Å². The largest absolute Gasteiger partial charge is 0.491 e. The molecule has 1 aromatic carbocycles. The third-order valence-corrected chi connectivity index (χ3v) is 6.56. The number of amides is 1. The molecule has 0 spiro atoms. The van der Waals surface area contributed by atoms with Crippen molar-refractivity contribution < 1.29 is 22.7 Å². The van der Waals surface area contributed by atoms with Gasteiger partial charge in [0.05, 0.1) is 23.7 Å². The Hall–Kier alpha value is -1.60. The van der Waals surface area contributed by atoms with Gasteiger partial charge in [-0.25, -0.2) is 8.42 Å². The Kier molecular flexibility index (Phi) is 5.87. The number of hydrogen-bond acceptors (Lipinski definition) is 5. The molecule has 1 aromatic rings. The number of hydrogen-bond donors (Lipinski definition) is 0. The van der Waals surface area contributed by atoms with E-state index >= 15 is 0 Å². The molecule has 144 valence electrons. The number of carbonyl (C=O) groups is 1. The predicted octanol–water partition coefficient (Wildman–Crippen LogP) is 2.28. The molecule has 2 heterocycles. The molecule has 26 heavy (non-hydrogen) atoms. The first-order chi connectivity index (χ1) is 12.3. The van der Waals surface area contributed by atoms with Crippen LogP contribution in [0.15, 0.2) is 24.3 Å². The number of carbonyl (C=O) groups excluding carboxylic acids is 1. The second kappa shape index (κ2) is 7.96.